The Hall–Kier alpha value is -2.40. The molecule has 106 valence electrons. The maximum atomic E-state index is 4.49. The topological polar surface area (TPSA) is 63.6 Å². The second-order valence-electron chi connectivity index (χ2n) is 4.83. The summed E-state index contributed by atoms with van der Waals surface area (Å²) in [6.07, 6.45) is 9.73. The molecule has 21 heavy (non-hydrogen) atoms. The summed E-state index contributed by atoms with van der Waals surface area (Å²) in [6.45, 7) is 3.06. The number of fused-ring (bicyclic) bond motifs is 1. The molecule has 0 saturated heterocycles. The van der Waals surface area contributed by atoms with E-state index >= 15 is 0 Å². The van der Waals surface area contributed by atoms with Gasteiger partial charge in [0.15, 0.2) is 0 Å². The molecule has 0 radical (unpaired) electrons. The molecule has 1 unspecified atom stereocenters. The molecule has 2 heterocycles. The zero-order valence-electron chi connectivity index (χ0n) is 11.9. The van der Waals surface area contributed by atoms with Crippen LogP contribution in [-0.4, -0.2) is 26.5 Å². The number of rotatable bonds is 5. The summed E-state index contributed by atoms with van der Waals surface area (Å²) in [7, 11) is 0. The molecule has 0 aliphatic heterocycles. The van der Waals surface area contributed by atoms with Crippen molar-refractivity contribution in [1.82, 2.24) is 25.3 Å². The third-order valence-corrected chi connectivity index (χ3v) is 3.35. The van der Waals surface area contributed by atoms with Gasteiger partial charge in [0.1, 0.15) is 6.33 Å². The summed E-state index contributed by atoms with van der Waals surface area (Å²) < 4.78 is 0. The number of nitrogens with one attached hydrogen (secondary N) is 1. The van der Waals surface area contributed by atoms with Crippen LogP contribution in [0.1, 0.15) is 30.5 Å². The van der Waals surface area contributed by atoms with Crippen molar-refractivity contribution < 1.29 is 0 Å². The Bertz CT molecular complexity index is 709. The number of nitrogens with zero attached hydrogens (tertiary/aromatic N) is 4. The molecule has 2 aromatic heterocycles. The lowest BCUT2D eigenvalue weighted by Crippen LogP contribution is -2.24. The number of aromatic nitrogens is 4. The number of para-hydroxylation sites is 1. The van der Waals surface area contributed by atoms with Crippen molar-refractivity contribution in [3.63, 3.8) is 0 Å². The van der Waals surface area contributed by atoms with Crippen molar-refractivity contribution in [2.45, 2.75) is 19.4 Å². The molecule has 3 aromatic rings. The van der Waals surface area contributed by atoms with Crippen molar-refractivity contribution in [3.05, 3.63) is 60.4 Å². The number of benzene rings is 1. The van der Waals surface area contributed by atoms with Crippen LogP contribution in [0.5, 0.6) is 0 Å². The van der Waals surface area contributed by atoms with Crippen LogP contribution in [0.15, 0.2) is 49.3 Å². The normalized spacial score (nSPS) is 12.4. The predicted octanol–water partition coefficient (Wildman–Crippen LogP) is 2.51. The molecule has 0 aliphatic carbocycles. The maximum absolute atomic E-state index is 4.49. The lowest BCUT2D eigenvalue weighted by molar-refractivity contribution is 0.597. The minimum absolute atomic E-state index is 0.0200. The third-order valence-electron chi connectivity index (χ3n) is 3.35. The fourth-order valence-electron chi connectivity index (χ4n) is 2.40. The molecule has 1 aromatic carbocycles. The lowest BCUT2D eigenvalue weighted by atomic mass is 9.99. The van der Waals surface area contributed by atoms with E-state index in [9.17, 15) is 0 Å². The molecule has 0 fully saturated rings. The average molecular weight is 279 g/mol. The van der Waals surface area contributed by atoms with Gasteiger partial charge in [-0.25, -0.2) is 9.97 Å². The van der Waals surface area contributed by atoms with Crippen LogP contribution < -0.4 is 5.32 Å². The van der Waals surface area contributed by atoms with Crippen LogP contribution in [0.25, 0.3) is 11.0 Å². The summed E-state index contributed by atoms with van der Waals surface area (Å²) in [4.78, 5) is 17.1. The van der Waals surface area contributed by atoms with Crippen LogP contribution in [0.3, 0.4) is 0 Å². The Balaban J connectivity index is 2.10. The molecule has 0 bridgehead atoms. The van der Waals surface area contributed by atoms with E-state index in [1.54, 1.807) is 18.7 Å². The molecule has 5 heteroatoms. The first kappa shape index (κ1) is 13.6. The minimum atomic E-state index is 0.0200. The smallest absolute Gasteiger partial charge is 0.115 e. The van der Waals surface area contributed by atoms with E-state index < -0.39 is 0 Å². The van der Waals surface area contributed by atoms with Gasteiger partial charge in [-0.15, -0.1) is 0 Å². The van der Waals surface area contributed by atoms with Gasteiger partial charge in [-0.3, -0.25) is 9.97 Å². The average Bonchev–Trinajstić information content (AvgIpc) is 2.56. The third kappa shape index (κ3) is 2.87. The van der Waals surface area contributed by atoms with Crippen molar-refractivity contribution in [2.24, 2.45) is 0 Å². The van der Waals surface area contributed by atoms with Crippen LogP contribution in [0.4, 0.5) is 0 Å². The summed E-state index contributed by atoms with van der Waals surface area (Å²) in [5.74, 6) is 0. The van der Waals surface area contributed by atoms with Gasteiger partial charge in [0.2, 0.25) is 0 Å². The van der Waals surface area contributed by atoms with Gasteiger partial charge >= 0.3 is 0 Å². The van der Waals surface area contributed by atoms with E-state index in [-0.39, 0.29) is 6.04 Å². The minimum Gasteiger partial charge on any atom is -0.306 e. The van der Waals surface area contributed by atoms with E-state index in [1.807, 2.05) is 24.5 Å². The molecule has 0 saturated carbocycles. The van der Waals surface area contributed by atoms with Gasteiger partial charge in [0.25, 0.3) is 0 Å². The highest BCUT2D eigenvalue weighted by Gasteiger charge is 2.17. The van der Waals surface area contributed by atoms with E-state index in [2.05, 4.69) is 38.2 Å². The van der Waals surface area contributed by atoms with Gasteiger partial charge < -0.3 is 5.32 Å². The largest absolute Gasteiger partial charge is 0.306 e. The van der Waals surface area contributed by atoms with Crippen LogP contribution in [0, 0.1) is 0 Å². The van der Waals surface area contributed by atoms with Crippen LogP contribution >= 0.6 is 0 Å². The maximum Gasteiger partial charge on any atom is 0.115 e. The highest BCUT2D eigenvalue weighted by Crippen LogP contribution is 2.26. The molecular formula is C16H17N5. The van der Waals surface area contributed by atoms with Crippen molar-refractivity contribution >= 4 is 11.0 Å². The fourth-order valence-corrected chi connectivity index (χ4v) is 2.40. The van der Waals surface area contributed by atoms with Crippen molar-refractivity contribution in [3.8, 4) is 0 Å². The molecule has 0 aliphatic rings. The first-order chi connectivity index (χ1) is 10.4. The Labute approximate surface area is 123 Å². The molecule has 1 N–H and O–H groups in total. The lowest BCUT2D eigenvalue weighted by Gasteiger charge is -2.19. The second-order valence-corrected chi connectivity index (χ2v) is 4.83. The molecular weight excluding hydrogens is 262 g/mol. The Kier molecular flexibility index (Phi) is 4.12. The summed E-state index contributed by atoms with van der Waals surface area (Å²) in [5, 5.41) is 3.55. The molecule has 0 spiro atoms. The molecule has 1 atom stereocenters. The van der Waals surface area contributed by atoms with Gasteiger partial charge in [0, 0.05) is 35.9 Å². The van der Waals surface area contributed by atoms with Crippen LogP contribution in [-0.2, 0) is 0 Å². The quantitative estimate of drug-likeness (QED) is 0.777. The predicted molar refractivity (Wildman–Crippen MR) is 81.7 cm³/mol. The molecule has 0 amide bonds. The zero-order chi connectivity index (χ0) is 14.5. The van der Waals surface area contributed by atoms with Gasteiger partial charge in [-0.2, -0.15) is 0 Å². The summed E-state index contributed by atoms with van der Waals surface area (Å²) in [5.41, 5.74) is 3.94. The highest BCUT2D eigenvalue weighted by atomic mass is 14.9. The summed E-state index contributed by atoms with van der Waals surface area (Å²) >= 11 is 0. The first-order valence-electron chi connectivity index (χ1n) is 7.08. The van der Waals surface area contributed by atoms with E-state index in [4.69, 9.17) is 0 Å². The Morgan fingerprint density at radius 1 is 1.10 bits per heavy atom. The van der Waals surface area contributed by atoms with Crippen molar-refractivity contribution in [1.29, 1.82) is 0 Å². The fraction of sp³-hybridized carbons (Fsp3) is 0.250. The first-order valence-corrected chi connectivity index (χ1v) is 7.08. The second kappa shape index (κ2) is 6.37. The van der Waals surface area contributed by atoms with Gasteiger partial charge in [0.05, 0.1) is 17.1 Å². The SMILES string of the molecule is CCCNC(c1cncnc1)c1cccc2nccnc12. The number of hydrogen-bond acceptors (Lipinski definition) is 5. The Morgan fingerprint density at radius 3 is 2.71 bits per heavy atom. The van der Waals surface area contributed by atoms with Gasteiger partial charge in [-0.05, 0) is 19.0 Å². The standard InChI is InChI=1S/C16H17N5/c1-2-6-20-15(12-9-17-11-18-10-12)13-4-3-5-14-16(13)21-8-7-19-14/h3-5,7-11,15,20H,2,6H2,1H3. The molecule has 3 rings (SSSR count). The molecule has 5 nitrogen and oxygen atoms in total. The van der Waals surface area contributed by atoms with Crippen molar-refractivity contribution in [2.75, 3.05) is 6.54 Å². The van der Waals surface area contributed by atoms with Gasteiger partial charge in [-0.1, -0.05) is 19.1 Å². The van der Waals surface area contributed by atoms with E-state index in [0.717, 1.165) is 35.1 Å². The van der Waals surface area contributed by atoms with E-state index in [0.29, 0.717) is 0 Å². The summed E-state index contributed by atoms with van der Waals surface area (Å²) in [6, 6.07) is 6.09. The number of hydrogen-bond donors (Lipinski definition) is 1. The zero-order valence-corrected chi connectivity index (χ0v) is 11.9. The highest BCUT2D eigenvalue weighted by molar-refractivity contribution is 5.78. The Morgan fingerprint density at radius 2 is 1.90 bits per heavy atom. The monoisotopic (exact) mass is 279 g/mol. The van der Waals surface area contributed by atoms with E-state index in [1.165, 1.54) is 0 Å². The van der Waals surface area contributed by atoms with Crippen LogP contribution in [0.2, 0.25) is 0 Å².